The standard InChI is InChI=1S/C22H26O4/c1-22(2,3)26-21(25)19(20(24)10-6-7-13-23)15-16-11-12-17-8-4-5-9-18(17)14-16/h4-5,8-9,11-12,14-15,23H,6-7,10,13H2,1-3H3/b19-15-. The van der Waals surface area contributed by atoms with Gasteiger partial charge in [0.1, 0.15) is 11.2 Å². The topological polar surface area (TPSA) is 63.6 Å². The van der Waals surface area contributed by atoms with Crippen LogP contribution in [0.25, 0.3) is 16.8 Å². The van der Waals surface area contributed by atoms with E-state index in [-0.39, 0.29) is 24.4 Å². The van der Waals surface area contributed by atoms with E-state index in [1.807, 2.05) is 42.5 Å². The van der Waals surface area contributed by atoms with Gasteiger partial charge in [-0.3, -0.25) is 4.79 Å². The third kappa shape index (κ3) is 5.81. The maximum absolute atomic E-state index is 12.6. The molecule has 26 heavy (non-hydrogen) atoms. The van der Waals surface area contributed by atoms with Crippen molar-refractivity contribution in [2.45, 2.75) is 45.6 Å². The van der Waals surface area contributed by atoms with Crippen molar-refractivity contribution in [1.82, 2.24) is 0 Å². The number of unbranched alkanes of at least 4 members (excludes halogenated alkanes) is 1. The molecule has 2 aromatic rings. The molecule has 0 saturated carbocycles. The van der Waals surface area contributed by atoms with Crippen LogP contribution in [0.2, 0.25) is 0 Å². The summed E-state index contributed by atoms with van der Waals surface area (Å²) < 4.78 is 5.41. The highest BCUT2D eigenvalue weighted by Crippen LogP contribution is 2.20. The molecule has 0 aliphatic rings. The van der Waals surface area contributed by atoms with Crippen LogP contribution in [0.4, 0.5) is 0 Å². The van der Waals surface area contributed by atoms with Crippen molar-refractivity contribution >= 4 is 28.6 Å². The molecule has 0 saturated heterocycles. The monoisotopic (exact) mass is 354 g/mol. The fourth-order valence-electron chi connectivity index (χ4n) is 2.58. The molecule has 0 aromatic heterocycles. The Bertz CT molecular complexity index is 812. The summed E-state index contributed by atoms with van der Waals surface area (Å²) in [7, 11) is 0. The highest BCUT2D eigenvalue weighted by Gasteiger charge is 2.24. The molecule has 4 heteroatoms. The third-order valence-electron chi connectivity index (χ3n) is 3.82. The minimum atomic E-state index is -0.676. The van der Waals surface area contributed by atoms with E-state index in [1.54, 1.807) is 26.8 Å². The molecule has 0 bridgehead atoms. The molecule has 0 heterocycles. The maximum atomic E-state index is 12.6. The van der Waals surface area contributed by atoms with Crippen LogP contribution in [-0.2, 0) is 14.3 Å². The summed E-state index contributed by atoms with van der Waals surface area (Å²) in [5.74, 6) is -0.875. The lowest BCUT2D eigenvalue weighted by Crippen LogP contribution is -2.27. The van der Waals surface area contributed by atoms with Crippen LogP contribution in [0.1, 0.15) is 45.6 Å². The summed E-state index contributed by atoms with van der Waals surface area (Å²) >= 11 is 0. The zero-order chi connectivity index (χ0) is 19.2. The summed E-state index contributed by atoms with van der Waals surface area (Å²) in [6.07, 6.45) is 2.87. The van der Waals surface area contributed by atoms with Crippen molar-refractivity contribution in [3.8, 4) is 0 Å². The number of esters is 1. The molecular formula is C22H26O4. The summed E-state index contributed by atoms with van der Waals surface area (Å²) in [5, 5.41) is 11.0. The molecule has 0 spiro atoms. The quantitative estimate of drug-likeness (QED) is 0.265. The smallest absolute Gasteiger partial charge is 0.342 e. The molecule has 0 unspecified atom stereocenters. The second kappa shape index (κ2) is 8.77. The van der Waals surface area contributed by atoms with Crippen LogP contribution in [0, 0.1) is 0 Å². The third-order valence-corrected chi connectivity index (χ3v) is 3.82. The number of carbonyl (C=O) groups excluding carboxylic acids is 2. The fraction of sp³-hybridized carbons (Fsp3) is 0.364. The molecule has 0 amide bonds. The second-order valence-corrected chi connectivity index (χ2v) is 7.27. The molecule has 4 nitrogen and oxygen atoms in total. The number of Topliss-reactive ketones (excluding diaryl/α,β-unsaturated/α-hetero) is 1. The molecule has 0 atom stereocenters. The first kappa shape index (κ1) is 19.9. The van der Waals surface area contributed by atoms with Crippen LogP contribution >= 0.6 is 0 Å². The highest BCUT2D eigenvalue weighted by molar-refractivity contribution is 6.20. The van der Waals surface area contributed by atoms with Crippen molar-refractivity contribution < 1.29 is 19.4 Å². The van der Waals surface area contributed by atoms with E-state index in [9.17, 15) is 9.59 Å². The summed E-state index contributed by atoms with van der Waals surface area (Å²) in [6, 6.07) is 13.7. The van der Waals surface area contributed by atoms with Gasteiger partial charge in [0.25, 0.3) is 0 Å². The van der Waals surface area contributed by atoms with Gasteiger partial charge in [0.2, 0.25) is 0 Å². The van der Waals surface area contributed by atoms with E-state index in [0.717, 1.165) is 16.3 Å². The molecule has 0 aliphatic heterocycles. The predicted octanol–water partition coefficient (Wildman–Crippen LogP) is 4.30. The maximum Gasteiger partial charge on any atom is 0.342 e. The lowest BCUT2D eigenvalue weighted by Gasteiger charge is -2.20. The van der Waals surface area contributed by atoms with E-state index >= 15 is 0 Å². The normalized spacial score (nSPS) is 12.2. The van der Waals surface area contributed by atoms with Crippen molar-refractivity contribution in [2.75, 3.05) is 6.61 Å². The number of rotatable bonds is 7. The summed E-state index contributed by atoms with van der Waals surface area (Å²) in [6.45, 7) is 5.35. The number of hydrogen-bond acceptors (Lipinski definition) is 4. The van der Waals surface area contributed by atoms with Crippen LogP contribution in [-0.4, -0.2) is 29.1 Å². The number of benzene rings is 2. The van der Waals surface area contributed by atoms with Gasteiger partial charge in [-0.05, 0) is 62.1 Å². The number of carbonyl (C=O) groups is 2. The first-order valence-electron chi connectivity index (χ1n) is 8.88. The number of fused-ring (bicyclic) bond motifs is 1. The Labute approximate surface area is 154 Å². The Kier molecular flexibility index (Phi) is 6.70. The predicted molar refractivity (Wildman–Crippen MR) is 104 cm³/mol. The zero-order valence-electron chi connectivity index (χ0n) is 15.6. The number of aliphatic hydroxyl groups is 1. The number of ether oxygens (including phenoxy) is 1. The lowest BCUT2D eigenvalue weighted by molar-refractivity contribution is -0.150. The molecule has 2 rings (SSSR count). The molecule has 138 valence electrons. The van der Waals surface area contributed by atoms with Gasteiger partial charge in [-0.1, -0.05) is 36.4 Å². The van der Waals surface area contributed by atoms with Crippen LogP contribution < -0.4 is 0 Å². The second-order valence-electron chi connectivity index (χ2n) is 7.27. The first-order valence-corrected chi connectivity index (χ1v) is 8.88. The molecule has 2 aromatic carbocycles. The van der Waals surface area contributed by atoms with Crippen molar-refractivity contribution in [3.63, 3.8) is 0 Å². The Hall–Kier alpha value is -2.46. The van der Waals surface area contributed by atoms with Crippen molar-refractivity contribution in [2.24, 2.45) is 0 Å². The highest BCUT2D eigenvalue weighted by atomic mass is 16.6. The van der Waals surface area contributed by atoms with E-state index in [2.05, 4.69) is 0 Å². The minimum Gasteiger partial charge on any atom is -0.456 e. The lowest BCUT2D eigenvalue weighted by atomic mass is 10.0. The summed E-state index contributed by atoms with van der Waals surface area (Å²) in [4.78, 5) is 25.1. The number of hydrogen-bond donors (Lipinski definition) is 1. The van der Waals surface area contributed by atoms with Gasteiger partial charge >= 0.3 is 5.97 Å². The Morgan fingerprint density at radius 1 is 1.04 bits per heavy atom. The van der Waals surface area contributed by atoms with Crippen molar-refractivity contribution in [3.05, 3.63) is 53.6 Å². The Morgan fingerprint density at radius 2 is 1.73 bits per heavy atom. The first-order chi connectivity index (χ1) is 12.3. The van der Waals surface area contributed by atoms with Gasteiger partial charge in [-0.25, -0.2) is 4.79 Å². The average molecular weight is 354 g/mol. The number of ketones is 1. The van der Waals surface area contributed by atoms with Crippen LogP contribution in [0.15, 0.2) is 48.0 Å². The molecule has 0 fully saturated rings. The molecule has 0 radical (unpaired) electrons. The van der Waals surface area contributed by atoms with E-state index < -0.39 is 11.6 Å². The largest absolute Gasteiger partial charge is 0.456 e. The van der Waals surface area contributed by atoms with Gasteiger partial charge in [-0.2, -0.15) is 0 Å². The van der Waals surface area contributed by atoms with Crippen LogP contribution in [0.5, 0.6) is 0 Å². The molecule has 1 N–H and O–H groups in total. The Morgan fingerprint density at radius 3 is 2.38 bits per heavy atom. The number of aliphatic hydroxyl groups excluding tert-OH is 1. The molecule has 0 aliphatic carbocycles. The van der Waals surface area contributed by atoms with Gasteiger partial charge in [0.15, 0.2) is 5.78 Å². The van der Waals surface area contributed by atoms with Crippen molar-refractivity contribution in [1.29, 1.82) is 0 Å². The SMILES string of the molecule is CC(C)(C)OC(=O)/C(=C\c1ccc2ccccc2c1)C(=O)CCCCO. The Balaban J connectivity index is 2.34. The van der Waals surface area contributed by atoms with Gasteiger partial charge < -0.3 is 9.84 Å². The van der Waals surface area contributed by atoms with Crippen LogP contribution in [0.3, 0.4) is 0 Å². The van der Waals surface area contributed by atoms with E-state index in [1.165, 1.54) is 0 Å². The van der Waals surface area contributed by atoms with Gasteiger partial charge in [0.05, 0.1) is 0 Å². The summed E-state index contributed by atoms with van der Waals surface area (Å²) in [5.41, 5.74) is 0.151. The van der Waals surface area contributed by atoms with Gasteiger partial charge in [-0.15, -0.1) is 0 Å². The molecular weight excluding hydrogens is 328 g/mol. The average Bonchev–Trinajstić information content (AvgIpc) is 2.58. The van der Waals surface area contributed by atoms with Gasteiger partial charge in [0, 0.05) is 13.0 Å². The minimum absolute atomic E-state index is 0.0312. The van der Waals surface area contributed by atoms with E-state index in [4.69, 9.17) is 9.84 Å². The zero-order valence-corrected chi connectivity index (χ0v) is 15.6. The fourth-order valence-corrected chi connectivity index (χ4v) is 2.58. The van der Waals surface area contributed by atoms with E-state index in [0.29, 0.717) is 12.8 Å².